The quantitative estimate of drug-likeness (QED) is 0.483. The Kier molecular flexibility index (Phi) is 5.96. The van der Waals surface area contributed by atoms with Crippen LogP contribution in [0.15, 0.2) is 36.0 Å². The molecule has 0 spiro atoms. The van der Waals surface area contributed by atoms with E-state index in [1.807, 2.05) is 6.92 Å². The molecule has 5 heteroatoms. The second kappa shape index (κ2) is 7.77. The van der Waals surface area contributed by atoms with E-state index in [1.165, 1.54) is 6.20 Å². The SMILES string of the molecule is CCOC(=O)/C(C#N)=C/Nc1ccc(OCC)cc1. The molecule has 0 aliphatic heterocycles. The molecule has 5 nitrogen and oxygen atoms in total. The fourth-order valence-corrected chi connectivity index (χ4v) is 1.32. The number of hydrogen-bond donors (Lipinski definition) is 1. The molecule has 0 amide bonds. The largest absolute Gasteiger partial charge is 0.494 e. The Labute approximate surface area is 112 Å². The Morgan fingerprint density at radius 3 is 2.53 bits per heavy atom. The number of esters is 1. The lowest BCUT2D eigenvalue weighted by Crippen LogP contribution is -2.07. The first-order chi connectivity index (χ1) is 9.21. The molecule has 19 heavy (non-hydrogen) atoms. The molecule has 0 heterocycles. The average molecular weight is 260 g/mol. The van der Waals surface area contributed by atoms with E-state index in [0.29, 0.717) is 6.61 Å². The predicted molar refractivity (Wildman–Crippen MR) is 71.6 cm³/mol. The van der Waals surface area contributed by atoms with Crippen molar-refractivity contribution < 1.29 is 14.3 Å². The van der Waals surface area contributed by atoms with E-state index < -0.39 is 5.97 Å². The lowest BCUT2D eigenvalue weighted by atomic mass is 10.3. The summed E-state index contributed by atoms with van der Waals surface area (Å²) in [4.78, 5) is 11.4. The highest BCUT2D eigenvalue weighted by molar-refractivity contribution is 5.93. The van der Waals surface area contributed by atoms with Crippen molar-refractivity contribution in [1.82, 2.24) is 0 Å². The summed E-state index contributed by atoms with van der Waals surface area (Å²) in [6.45, 7) is 4.44. The van der Waals surface area contributed by atoms with E-state index in [1.54, 1.807) is 37.3 Å². The standard InChI is InChI=1S/C14H16N2O3/c1-3-18-13-7-5-12(6-8-13)16-10-11(9-15)14(17)19-4-2/h5-8,10,16H,3-4H2,1-2H3/b11-10+. The summed E-state index contributed by atoms with van der Waals surface area (Å²) in [6, 6.07) is 8.98. The van der Waals surface area contributed by atoms with Gasteiger partial charge in [0.15, 0.2) is 5.57 Å². The van der Waals surface area contributed by atoms with Gasteiger partial charge in [0.05, 0.1) is 13.2 Å². The zero-order valence-electron chi connectivity index (χ0n) is 11.0. The number of nitrogens with one attached hydrogen (secondary N) is 1. The smallest absolute Gasteiger partial charge is 0.350 e. The first-order valence-corrected chi connectivity index (χ1v) is 5.98. The van der Waals surface area contributed by atoms with Crippen LogP contribution in [0.3, 0.4) is 0 Å². The maximum absolute atomic E-state index is 11.4. The summed E-state index contributed by atoms with van der Waals surface area (Å²) in [6.07, 6.45) is 1.33. The Morgan fingerprint density at radius 1 is 1.32 bits per heavy atom. The summed E-state index contributed by atoms with van der Waals surface area (Å²) in [5.74, 6) is 0.131. The van der Waals surface area contributed by atoms with Gasteiger partial charge in [-0.25, -0.2) is 4.79 Å². The third-order valence-electron chi connectivity index (χ3n) is 2.16. The molecule has 0 bridgehead atoms. The van der Waals surface area contributed by atoms with Crippen LogP contribution in [0.25, 0.3) is 0 Å². The zero-order chi connectivity index (χ0) is 14.1. The van der Waals surface area contributed by atoms with Crippen LogP contribution < -0.4 is 10.1 Å². The lowest BCUT2D eigenvalue weighted by molar-refractivity contribution is -0.138. The molecule has 0 saturated carbocycles. The van der Waals surface area contributed by atoms with Crippen molar-refractivity contribution in [2.75, 3.05) is 18.5 Å². The van der Waals surface area contributed by atoms with Crippen molar-refractivity contribution in [3.63, 3.8) is 0 Å². The van der Waals surface area contributed by atoms with Crippen molar-refractivity contribution in [3.05, 3.63) is 36.0 Å². The molecule has 1 aromatic rings. The molecule has 0 aromatic heterocycles. The molecule has 0 aliphatic rings. The second-order valence-corrected chi connectivity index (χ2v) is 3.49. The lowest BCUT2D eigenvalue weighted by Gasteiger charge is -2.05. The Balaban J connectivity index is 2.68. The van der Waals surface area contributed by atoms with Crippen molar-refractivity contribution >= 4 is 11.7 Å². The maximum atomic E-state index is 11.4. The molecule has 0 unspecified atom stereocenters. The molecule has 0 radical (unpaired) electrons. The number of anilines is 1. The van der Waals surface area contributed by atoms with Crippen LogP contribution in [0.5, 0.6) is 5.75 Å². The van der Waals surface area contributed by atoms with Gasteiger partial charge in [-0.15, -0.1) is 0 Å². The normalized spacial score (nSPS) is 10.5. The van der Waals surface area contributed by atoms with Gasteiger partial charge in [0.1, 0.15) is 11.8 Å². The first-order valence-electron chi connectivity index (χ1n) is 5.98. The van der Waals surface area contributed by atoms with Gasteiger partial charge < -0.3 is 14.8 Å². The second-order valence-electron chi connectivity index (χ2n) is 3.49. The van der Waals surface area contributed by atoms with Gasteiger partial charge in [-0.2, -0.15) is 5.26 Å². The number of benzene rings is 1. The summed E-state index contributed by atoms with van der Waals surface area (Å²) in [7, 11) is 0. The third-order valence-corrected chi connectivity index (χ3v) is 2.16. The minimum absolute atomic E-state index is 0.0734. The topological polar surface area (TPSA) is 71.4 Å². The molecule has 0 atom stereocenters. The number of rotatable bonds is 6. The fourth-order valence-electron chi connectivity index (χ4n) is 1.32. The van der Waals surface area contributed by atoms with Crippen LogP contribution in [0.1, 0.15) is 13.8 Å². The molecule has 0 saturated heterocycles. The Hall–Kier alpha value is -2.48. The molecule has 0 aliphatic carbocycles. The Morgan fingerprint density at radius 2 is 2.00 bits per heavy atom. The minimum atomic E-state index is -0.636. The van der Waals surface area contributed by atoms with Crippen molar-refractivity contribution in [2.24, 2.45) is 0 Å². The van der Waals surface area contributed by atoms with Gasteiger partial charge in [-0.1, -0.05) is 0 Å². The molecular formula is C14H16N2O3. The average Bonchev–Trinajstić information content (AvgIpc) is 2.42. The van der Waals surface area contributed by atoms with Crippen LogP contribution >= 0.6 is 0 Å². The van der Waals surface area contributed by atoms with E-state index in [9.17, 15) is 4.79 Å². The molecule has 0 fully saturated rings. The highest BCUT2D eigenvalue weighted by atomic mass is 16.5. The van der Waals surface area contributed by atoms with Gasteiger partial charge in [-0.3, -0.25) is 0 Å². The molecule has 1 aromatic carbocycles. The third kappa shape index (κ3) is 4.72. The number of carbonyl (C=O) groups is 1. The molecular weight excluding hydrogens is 244 g/mol. The zero-order valence-corrected chi connectivity index (χ0v) is 11.0. The van der Waals surface area contributed by atoms with Crippen LogP contribution in [-0.2, 0) is 9.53 Å². The van der Waals surface area contributed by atoms with E-state index >= 15 is 0 Å². The number of carbonyl (C=O) groups excluding carboxylic acids is 1. The van der Waals surface area contributed by atoms with Crippen molar-refractivity contribution in [2.45, 2.75) is 13.8 Å². The highest BCUT2D eigenvalue weighted by Gasteiger charge is 2.08. The number of hydrogen-bond acceptors (Lipinski definition) is 5. The van der Waals surface area contributed by atoms with Gasteiger partial charge >= 0.3 is 5.97 Å². The number of nitrogens with zero attached hydrogens (tertiary/aromatic N) is 1. The molecule has 100 valence electrons. The fraction of sp³-hybridized carbons (Fsp3) is 0.286. The van der Waals surface area contributed by atoms with Crippen LogP contribution in [-0.4, -0.2) is 19.2 Å². The van der Waals surface area contributed by atoms with E-state index in [2.05, 4.69) is 5.32 Å². The van der Waals surface area contributed by atoms with E-state index in [4.69, 9.17) is 14.7 Å². The van der Waals surface area contributed by atoms with Gasteiger partial charge in [0, 0.05) is 11.9 Å². The monoisotopic (exact) mass is 260 g/mol. The first kappa shape index (κ1) is 14.6. The molecule has 1 N–H and O–H groups in total. The van der Waals surface area contributed by atoms with Crippen LogP contribution in [0.2, 0.25) is 0 Å². The summed E-state index contributed by atoms with van der Waals surface area (Å²) in [5.41, 5.74) is 0.677. The van der Waals surface area contributed by atoms with Gasteiger partial charge in [0.25, 0.3) is 0 Å². The number of ether oxygens (including phenoxy) is 2. The van der Waals surface area contributed by atoms with Crippen LogP contribution in [0.4, 0.5) is 5.69 Å². The highest BCUT2D eigenvalue weighted by Crippen LogP contribution is 2.15. The minimum Gasteiger partial charge on any atom is -0.494 e. The maximum Gasteiger partial charge on any atom is 0.350 e. The van der Waals surface area contributed by atoms with Crippen molar-refractivity contribution in [3.8, 4) is 11.8 Å². The van der Waals surface area contributed by atoms with Gasteiger partial charge in [-0.05, 0) is 38.1 Å². The number of nitriles is 1. The Bertz CT molecular complexity index is 486. The van der Waals surface area contributed by atoms with Gasteiger partial charge in [0.2, 0.25) is 0 Å². The summed E-state index contributed by atoms with van der Waals surface area (Å²) >= 11 is 0. The summed E-state index contributed by atoms with van der Waals surface area (Å²) in [5, 5.41) is 11.7. The van der Waals surface area contributed by atoms with Crippen molar-refractivity contribution in [1.29, 1.82) is 5.26 Å². The van der Waals surface area contributed by atoms with E-state index in [0.717, 1.165) is 11.4 Å². The predicted octanol–water partition coefficient (Wildman–Crippen LogP) is 2.47. The molecule has 1 rings (SSSR count). The van der Waals surface area contributed by atoms with Crippen LogP contribution in [0, 0.1) is 11.3 Å². The summed E-state index contributed by atoms with van der Waals surface area (Å²) < 4.78 is 10.1. The van der Waals surface area contributed by atoms with E-state index in [-0.39, 0.29) is 12.2 Å².